The van der Waals surface area contributed by atoms with Gasteiger partial charge in [0.15, 0.2) is 5.78 Å². The summed E-state index contributed by atoms with van der Waals surface area (Å²) in [7, 11) is 0. The lowest BCUT2D eigenvalue weighted by Gasteiger charge is -2.29. The maximum atomic E-state index is 13.0. The quantitative estimate of drug-likeness (QED) is 0.801. The van der Waals surface area contributed by atoms with Gasteiger partial charge in [-0.1, -0.05) is 20.3 Å². The van der Waals surface area contributed by atoms with Crippen molar-refractivity contribution in [3.63, 3.8) is 0 Å². The van der Waals surface area contributed by atoms with Crippen molar-refractivity contribution in [1.29, 1.82) is 0 Å². The summed E-state index contributed by atoms with van der Waals surface area (Å²) in [4.78, 5) is 11.9. The van der Waals surface area contributed by atoms with Crippen LogP contribution < -0.4 is 4.74 Å². The summed E-state index contributed by atoms with van der Waals surface area (Å²) in [5, 5.41) is 0. The van der Waals surface area contributed by atoms with Gasteiger partial charge in [-0.25, -0.2) is 4.39 Å². The molecule has 0 amide bonds. The third-order valence-corrected chi connectivity index (χ3v) is 3.29. The van der Waals surface area contributed by atoms with Gasteiger partial charge in [0.25, 0.3) is 0 Å². The van der Waals surface area contributed by atoms with Gasteiger partial charge in [0.2, 0.25) is 0 Å². The number of fused-ring (bicyclic) bond motifs is 1. The fourth-order valence-electron chi connectivity index (χ4n) is 2.28. The Morgan fingerprint density at radius 3 is 3.00 bits per heavy atom. The van der Waals surface area contributed by atoms with E-state index in [4.69, 9.17) is 4.74 Å². The lowest BCUT2D eigenvalue weighted by molar-refractivity contribution is 0.0739. The SMILES string of the molecule is CCCC(C)C1CC(=O)c2cc(F)ccc2O1. The van der Waals surface area contributed by atoms with Crippen LogP contribution in [0.5, 0.6) is 5.75 Å². The summed E-state index contributed by atoms with van der Waals surface area (Å²) in [6.45, 7) is 4.21. The van der Waals surface area contributed by atoms with Gasteiger partial charge >= 0.3 is 0 Å². The van der Waals surface area contributed by atoms with Crippen molar-refractivity contribution >= 4 is 5.78 Å². The summed E-state index contributed by atoms with van der Waals surface area (Å²) < 4.78 is 18.8. The molecular formula is C14H17FO2. The number of ketones is 1. The normalized spacial score (nSPS) is 20.6. The maximum Gasteiger partial charge on any atom is 0.170 e. The molecule has 2 unspecified atom stereocenters. The molecule has 0 aliphatic carbocycles. The van der Waals surface area contributed by atoms with Crippen LogP contribution in [-0.4, -0.2) is 11.9 Å². The Bertz CT molecular complexity index is 428. The van der Waals surface area contributed by atoms with Gasteiger partial charge in [0.05, 0.1) is 5.56 Å². The lowest BCUT2D eigenvalue weighted by atomic mass is 9.91. The zero-order valence-electron chi connectivity index (χ0n) is 10.2. The van der Waals surface area contributed by atoms with Crippen LogP contribution in [0.15, 0.2) is 18.2 Å². The van der Waals surface area contributed by atoms with E-state index in [-0.39, 0.29) is 17.7 Å². The standard InChI is InChI=1S/C14H17FO2/c1-3-4-9(2)14-8-12(16)11-7-10(15)5-6-13(11)17-14/h5-7,9,14H,3-4,8H2,1-2H3. The molecule has 17 heavy (non-hydrogen) atoms. The van der Waals surface area contributed by atoms with E-state index < -0.39 is 0 Å². The molecule has 0 aromatic heterocycles. The van der Waals surface area contributed by atoms with Crippen molar-refractivity contribution < 1.29 is 13.9 Å². The third-order valence-electron chi connectivity index (χ3n) is 3.29. The van der Waals surface area contributed by atoms with Crippen LogP contribution in [0.4, 0.5) is 4.39 Å². The first-order valence-electron chi connectivity index (χ1n) is 6.11. The molecule has 0 saturated heterocycles. The number of carbonyl (C=O) groups excluding carboxylic acids is 1. The third kappa shape index (κ3) is 2.48. The van der Waals surface area contributed by atoms with E-state index in [1.54, 1.807) is 6.07 Å². The number of ether oxygens (including phenoxy) is 1. The highest BCUT2D eigenvalue weighted by molar-refractivity contribution is 5.99. The number of carbonyl (C=O) groups is 1. The molecule has 0 bridgehead atoms. The molecule has 1 aromatic rings. The van der Waals surface area contributed by atoms with Crippen molar-refractivity contribution in [2.24, 2.45) is 5.92 Å². The zero-order chi connectivity index (χ0) is 12.4. The summed E-state index contributed by atoms with van der Waals surface area (Å²) in [6.07, 6.45) is 2.40. The minimum atomic E-state index is -0.388. The second kappa shape index (κ2) is 4.86. The Hall–Kier alpha value is -1.38. The van der Waals surface area contributed by atoms with E-state index in [9.17, 15) is 9.18 Å². The fraction of sp³-hybridized carbons (Fsp3) is 0.500. The summed E-state index contributed by atoms with van der Waals surface area (Å²) in [5.41, 5.74) is 0.380. The fourth-order valence-corrected chi connectivity index (χ4v) is 2.28. The molecule has 0 saturated carbocycles. The molecule has 3 heteroatoms. The van der Waals surface area contributed by atoms with E-state index in [2.05, 4.69) is 13.8 Å². The van der Waals surface area contributed by atoms with E-state index in [1.807, 2.05) is 0 Å². The van der Waals surface area contributed by atoms with E-state index in [0.717, 1.165) is 12.8 Å². The van der Waals surface area contributed by atoms with E-state index in [1.165, 1.54) is 12.1 Å². The van der Waals surface area contributed by atoms with E-state index in [0.29, 0.717) is 23.7 Å². The molecule has 0 spiro atoms. The van der Waals surface area contributed by atoms with Gasteiger partial charge in [0.1, 0.15) is 17.7 Å². The topological polar surface area (TPSA) is 26.3 Å². The minimum absolute atomic E-state index is 0.0151. The average Bonchev–Trinajstić information content (AvgIpc) is 2.30. The van der Waals surface area contributed by atoms with Gasteiger partial charge < -0.3 is 4.74 Å². The molecular weight excluding hydrogens is 219 g/mol. The number of hydrogen-bond acceptors (Lipinski definition) is 2. The average molecular weight is 236 g/mol. The van der Waals surface area contributed by atoms with E-state index >= 15 is 0 Å². The maximum absolute atomic E-state index is 13.0. The summed E-state index contributed by atoms with van der Waals surface area (Å²) >= 11 is 0. The largest absolute Gasteiger partial charge is 0.489 e. The summed E-state index contributed by atoms with van der Waals surface area (Å²) in [6, 6.07) is 4.14. The second-order valence-electron chi connectivity index (χ2n) is 4.69. The smallest absolute Gasteiger partial charge is 0.170 e. The van der Waals surface area contributed by atoms with Crippen LogP contribution in [0, 0.1) is 11.7 Å². The molecule has 2 atom stereocenters. The Balaban J connectivity index is 2.21. The number of Topliss-reactive ketones (excluding diaryl/α,β-unsaturated/α-hetero) is 1. The first kappa shape index (κ1) is 12.1. The van der Waals surface area contributed by atoms with Crippen molar-refractivity contribution in [2.45, 2.75) is 39.2 Å². The molecule has 0 radical (unpaired) electrons. The van der Waals surface area contributed by atoms with Crippen LogP contribution >= 0.6 is 0 Å². The first-order valence-corrected chi connectivity index (χ1v) is 6.11. The molecule has 2 rings (SSSR count). The minimum Gasteiger partial charge on any atom is -0.489 e. The number of hydrogen-bond donors (Lipinski definition) is 0. The van der Waals surface area contributed by atoms with Crippen LogP contribution in [-0.2, 0) is 0 Å². The van der Waals surface area contributed by atoms with Gasteiger partial charge in [-0.3, -0.25) is 4.79 Å². The Morgan fingerprint density at radius 1 is 1.53 bits per heavy atom. The molecule has 92 valence electrons. The Labute approximate surface area is 101 Å². The highest BCUT2D eigenvalue weighted by Crippen LogP contribution is 2.31. The molecule has 1 aliphatic rings. The van der Waals surface area contributed by atoms with Gasteiger partial charge in [0, 0.05) is 6.42 Å². The summed E-state index contributed by atoms with van der Waals surface area (Å²) in [5.74, 6) is 0.470. The molecule has 0 fully saturated rings. The van der Waals surface area contributed by atoms with Crippen molar-refractivity contribution in [3.05, 3.63) is 29.6 Å². The molecule has 2 nitrogen and oxygen atoms in total. The van der Waals surface area contributed by atoms with Crippen LogP contribution in [0.1, 0.15) is 43.5 Å². The first-order chi connectivity index (χ1) is 8.11. The van der Waals surface area contributed by atoms with Gasteiger partial charge in [-0.2, -0.15) is 0 Å². The van der Waals surface area contributed by atoms with Crippen LogP contribution in [0.2, 0.25) is 0 Å². The monoisotopic (exact) mass is 236 g/mol. The Kier molecular flexibility index (Phi) is 3.46. The second-order valence-corrected chi connectivity index (χ2v) is 4.69. The van der Waals surface area contributed by atoms with Crippen molar-refractivity contribution in [3.8, 4) is 5.75 Å². The number of rotatable bonds is 3. The van der Waals surface area contributed by atoms with Crippen molar-refractivity contribution in [1.82, 2.24) is 0 Å². The zero-order valence-corrected chi connectivity index (χ0v) is 10.2. The number of benzene rings is 1. The Morgan fingerprint density at radius 2 is 2.29 bits per heavy atom. The predicted molar refractivity (Wildman–Crippen MR) is 63.8 cm³/mol. The molecule has 1 aromatic carbocycles. The van der Waals surface area contributed by atoms with Crippen LogP contribution in [0.3, 0.4) is 0 Å². The van der Waals surface area contributed by atoms with Crippen LogP contribution in [0.25, 0.3) is 0 Å². The predicted octanol–water partition coefficient (Wildman–Crippen LogP) is 3.60. The highest BCUT2D eigenvalue weighted by atomic mass is 19.1. The molecule has 1 aliphatic heterocycles. The van der Waals surface area contributed by atoms with Gasteiger partial charge in [-0.05, 0) is 30.5 Å². The molecule has 1 heterocycles. The molecule has 0 N–H and O–H groups in total. The lowest BCUT2D eigenvalue weighted by Crippen LogP contribution is -2.32. The number of halogens is 1. The highest BCUT2D eigenvalue weighted by Gasteiger charge is 2.29. The van der Waals surface area contributed by atoms with Gasteiger partial charge in [-0.15, -0.1) is 0 Å². The van der Waals surface area contributed by atoms with Crippen molar-refractivity contribution in [2.75, 3.05) is 0 Å².